The molecule has 2 heterocycles. The first-order valence-corrected chi connectivity index (χ1v) is 7.58. The van der Waals surface area contributed by atoms with E-state index in [0.717, 1.165) is 37.6 Å². The van der Waals surface area contributed by atoms with E-state index in [0.29, 0.717) is 12.5 Å². The van der Waals surface area contributed by atoms with Crippen LogP contribution in [0.3, 0.4) is 0 Å². The van der Waals surface area contributed by atoms with Crippen molar-refractivity contribution in [3.05, 3.63) is 0 Å². The molecule has 2 N–H and O–H groups in total. The zero-order chi connectivity index (χ0) is 11.2. The molecule has 2 unspecified atom stereocenters. The van der Waals surface area contributed by atoms with E-state index in [9.17, 15) is 4.79 Å². The second-order valence-corrected chi connectivity index (χ2v) is 6.03. The monoisotopic (exact) mass is 242 g/mol. The molecule has 2 fully saturated rings. The Bertz CT molecular complexity index is 223. The Hall–Kier alpha value is -0.220. The van der Waals surface area contributed by atoms with Gasteiger partial charge < -0.3 is 10.6 Å². The lowest BCUT2D eigenvalue weighted by Gasteiger charge is -2.22. The van der Waals surface area contributed by atoms with Gasteiger partial charge in [0.2, 0.25) is 5.91 Å². The number of rotatable bonds is 4. The normalized spacial score (nSPS) is 30.2. The second kappa shape index (κ2) is 6.50. The lowest BCUT2D eigenvalue weighted by atomic mass is 9.94. The molecule has 3 nitrogen and oxygen atoms in total. The van der Waals surface area contributed by atoms with Crippen LogP contribution >= 0.6 is 11.8 Å². The molecule has 2 aliphatic heterocycles. The van der Waals surface area contributed by atoms with E-state index in [1.807, 2.05) is 11.8 Å². The molecule has 0 aliphatic carbocycles. The summed E-state index contributed by atoms with van der Waals surface area (Å²) in [5.74, 6) is 3.30. The summed E-state index contributed by atoms with van der Waals surface area (Å²) in [6.45, 7) is 2.26. The van der Waals surface area contributed by atoms with Crippen molar-refractivity contribution in [2.45, 2.75) is 38.1 Å². The van der Waals surface area contributed by atoms with Gasteiger partial charge in [-0.2, -0.15) is 11.8 Å². The lowest BCUT2D eigenvalue weighted by Crippen LogP contribution is -2.35. The van der Waals surface area contributed by atoms with Gasteiger partial charge in [-0.05, 0) is 50.4 Å². The fraction of sp³-hybridized carbons (Fsp3) is 0.917. The fourth-order valence-electron chi connectivity index (χ4n) is 2.45. The Labute approximate surface area is 102 Å². The van der Waals surface area contributed by atoms with Crippen LogP contribution in [0.2, 0.25) is 0 Å². The summed E-state index contributed by atoms with van der Waals surface area (Å²) in [6, 6.07) is 0.446. The van der Waals surface area contributed by atoms with Gasteiger partial charge in [0.05, 0.1) is 0 Å². The van der Waals surface area contributed by atoms with Crippen LogP contribution in [-0.2, 0) is 4.79 Å². The van der Waals surface area contributed by atoms with Gasteiger partial charge >= 0.3 is 0 Å². The third kappa shape index (κ3) is 3.98. The van der Waals surface area contributed by atoms with E-state index in [2.05, 4.69) is 10.6 Å². The number of piperidine rings is 1. The second-order valence-electron chi connectivity index (χ2n) is 4.88. The van der Waals surface area contributed by atoms with Crippen molar-refractivity contribution in [2.24, 2.45) is 5.92 Å². The molecule has 0 radical (unpaired) electrons. The SMILES string of the molecule is O=C(CCC1CCCNC1)NC1CCSC1. The van der Waals surface area contributed by atoms with Gasteiger partial charge in [0, 0.05) is 18.2 Å². The smallest absolute Gasteiger partial charge is 0.220 e. The van der Waals surface area contributed by atoms with Crippen LogP contribution in [-0.4, -0.2) is 36.5 Å². The van der Waals surface area contributed by atoms with Crippen molar-refractivity contribution in [3.8, 4) is 0 Å². The number of carbonyl (C=O) groups excluding carboxylic acids is 1. The molecule has 2 rings (SSSR count). The van der Waals surface area contributed by atoms with Gasteiger partial charge in [0.1, 0.15) is 0 Å². The van der Waals surface area contributed by atoms with E-state index in [1.54, 1.807) is 0 Å². The van der Waals surface area contributed by atoms with E-state index in [1.165, 1.54) is 18.6 Å². The zero-order valence-corrected chi connectivity index (χ0v) is 10.7. The molecule has 4 heteroatoms. The predicted octanol–water partition coefficient (Wildman–Crippen LogP) is 1.39. The van der Waals surface area contributed by atoms with Crippen molar-refractivity contribution in [2.75, 3.05) is 24.6 Å². The Morgan fingerprint density at radius 2 is 2.38 bits per heavy atom. The molecule has 2 aliphatic rings. The first-order chi connectivity index (χ1) is 7.84. The third-order valence-electron chi connectivity index (χ3n) is 3.47. The number of hydrogen-bond acceptors (Lipinski definition) is 3. The number of thioether (sulfide) groups is 1. The molecular formula is C12H22N2OS. The highest BCUT2D eigenvalue weighted by Gasteiger charge is 2.19. The highest BCUT2D eigenvalue weighted by Crippen LogP contribution is 2.18. The molecule has 0 aromatic rings. The number of amides is 1. The van der Waals surface area contributed by atoms with Crippen molar-refractivity contribution in [1.29, 1.82) is 0 Å². The molecule has 16 heavy (non-hydrogen) atoms. The third-order valence-corrected chi connectivity index (χ3v) is 4.64. The summed E-state index contributed by atoms with van der Waals surface area (Å²) >= 11 is 1.95. The minimum Gasteiger partial charge on any atom is -0.353 e. The van der Waals surface area contributed by atoms with Crippen LogP contribution < -0.4 is 10.6 Å². The Balaban J connectivity index is 1.59. The summed E-state index contributed by atoms with van der Waals surface area (Å²) in [4.78, 5) is 11.7. The molecule has 2 atom stereocenters. The lowest BCUT2D eigenvalue weighted by molar-refractivity contribution is -0.121. The molecule has 92 valence electrons. The van der Waals surface area contributed by atoms with Crippen LogP contribution in [0.4, 0.5) is 0 Å². The highest BCUT2D eigenvalue weighted by atomic mass is 32.2. The molecule has 0 aromatic carbocycles. The number of hydrogen-bond donors (Lipinski definition) is 2. The summed E-state index contributed by atoms with van der Waals surface area (Å²) in [7, 11) is 0. The first kappa shape index (κ1) is 12.2. The van der Waals surface area contributed by atoms with Gasteiger partial charge in [0.25, 0.3) is 0 Å². The Morgan fingerprint density at radius 3 is 3.06 bits per heavy atom. The molecule has 0 bridgehead atoms. The topological polar surface area (TPSA) is 41.1 Å². The van der Waals surface area contributed by atoms with Crippen molar-refractivity contribution in [1.82, 2.24) is 10.6 Å². The van der Waals surface area contributed by atoms with Gasteiger partial charge in [-0.15, -0.1) is 0 Å². The quantitative estimate of drug-likeness (QED) is 0.783. The molecule has 1 amide bonds. The van der Waals surface area contributed by atoms with Gasteiger partial charge in [-0.25, -0.2) is 0 Å². The fourth-order valence-corrected chi connectivity index (χ4v) is 3.61. The van der Waals surface area contributed by atoms with E-state index in [4.69, 9.17) is 0 Å². The maximum absolute atomic E-state index is 11.7. The van der Waals surface area contributed by atoms with Crippen molar-refractivity contribution >= 4 is 17.7 Å². The zero-order valence-electron chi connectivity index (χ0n) is 9.84. The molecule has 0 aromatic heterocycles. The molecule has 2 saturated heterocycles. The number of carbonyl (C=O) groups is 1. The number of nitrogens with one attached hydrogen (secondary N) is 2. The van der Waals surface area contributed by atoms with Crippen molar-refractivity contribution < 1.29 is 4.79 Å². The standard InChI is InChI=1S/C12H22N2OS/c15-12(14-11-5-7-16-9-11)4-3-10-2-1-6-13-8-10/h10-11,13H,1-9H2,(H,14,15). The Morgan fingerprint density at radius 1 is 1.44 bits per heavy atom. The maximum Gasteiger partial charge on any atom is 0.220 e. The summed E-state index contributed by atoms with van der Waals surface area (Å²) < 4.78 is 0. The molecule has 0 spiro atoms. The minimum atomic E-state index is 0.262. The summed E-state index contributed by atoms with van der Waals surface area (Å²) in [5.41, 5.74) is 0. The van der Waals surface area contributed by atoms with Crippen LogP contribution in [0, 0.1) is 5.92 Å². The van der Waals surface area contributed by atoms with E-state index >= 15 is 0 Å². The summed E-state index contributed by atoms with van der Waals surface area (Å²) in [6.07, 6.45) is 5.48. The Kier molecular flexibility index (Phi) is 4.97. The van der Waals surface area contributed by atoms with Crippen LogP contribution in [0.15, 0.2) is 0 Å². The predicted molar refractivity (Wildman–Crippen MR) is 68.7 cm³/mol. The van der Waals surface area contributed by atoms with Gasteiger partial charge in [-0.3, -0.25) is 4.79 Å². The average molecular weight is 242 g/mol. The largest absolute Gasteiger partial charge is 0.353 e. The maximum atomic E-state index is 11.7. The van der Waals surface area contributed by atoms with E-state index in [-0.39, 0.29) is 5.91 Å². The van der Waals surface area contributed by atoms with Gasteiger partial charge in [0.15, 0.2) is 0 Å². The van der Waals surface area contributed by atoms with Gasteiger partial charge in [-0.1, -0.05) is 0 Å². The molecular weight excluding hydrogens is 220 g/mol. The minimum absolute atomic E-state index is 0.262. The van der Waals surface area contributed by atoms with Crippen LogP contribution in [0.1, 0.15) is 32.1 Å². The summed E-state index contributed by atoms with van der Waals surface area (Å²) in [5, 5.41) is 6.53. The molecule has 0 saturated carbocycles. The van der Waals surface area contributed by atoms with Crippen LogP contribution in [0.25, 0.3) is 0 Å². The van der Waals surface area contributed by atoms with Crippen LogP contribution in [0.5, 0.6) is 0 Å². The first-order valence-electron chi connectivity index (χ1n) is 6.42. The highest BCUT2D eigenvalue weighted by molar-refractivity contribution is 7.99. The van der Waals surface area contributed by atoms with E-state index < -0.39 is 0 Å². The van der Waals surface area contributed by atoms with Crippen molar-refractivity contribution in [3.63, 3.8) is 0 Å². The average Bonchev–Trinajstić information content (AvgIpc) is 2.81.